The molecule has 1 atom stereocenters. The third-order valence-electron chi connectivity index (χ3n) is 3.34. The minimum Gasteiger partial charge on any atom is -0.354 e. The van der Waals surface area contributed by atoms with E-state index in [1.807, 2.05) is 43.4 Å². The number of nitrogens with zero attached hydrogens (tertiary/aromatic N) is 2. The molecule has 1 aliphatic heterocycles. The zero-order chi connectivity index (χ0) is 13.6. The average Bonchev–Trinajstić information content (AvgIpc) is 2.96. The molecule has 0 fully saturated rings. The van der Waals surface area contributed by atoms with Crippen LogP contribution in [0.15, 0.2) is 23.6 Å². The molecular formula is C14H15N3OS. The summed E-state index contributed by atoms with van der Waals surface area (Å²) in [5.74, 6) is -0.0127. The molecule has 19 heavy (non-hydrogen) atoms. The molecule has 1 aliphatic rings. The van der Waals surface area contributed by atoms with Gasteiger partial charge in [-0.1, -0.05) is 6.07 Å². The molecule has 2 heterocycles. The molecule has 98 valence electrons. The molecular weight excluding hydrogens is 258 g/mol. The van der Waals surface area contributed by atoms with Crippen molar-refractivity contribution in [2.24, 2.45) is 0 Å². The number of rotatable bonds is 2. The summed E-state index contributed by atoms with van der Waals surface area (Å²) in [6.07, 6.45) is 0. The van der Waals surface area contributed by atoms with E-state index in [9.17, 15) is 4.79 Å². The van der Waals surface area contributed by atoms with Crippen molar-refractivity contribution in [1.82, 2.24) is 4.98 Å². The van der Waals surface area contributed by atoms with E-state index < -0.39 is 0 Å². The molecule has 5 heteroatoms. The Hall–Kier alpha value is -1.88. The topological polar surface area (TPSA) is 45.2 Å². The standard InChI is InChI=1S/C14H15N3OS/c1-8-10-6-9(4-5-11(10)15-13(8)18)12-7-19-14(16-12)17(2)3/h4-8H,1-3H3,(H,15,18)/t8-/m0/s1. The van der Waals surface area contributed by atoms with E-state index >= 15 is 0 Å². The van der Waals surface area contributed by atoms with E-state index in [0.717, 1.165) is 27.6 Å². The van der Waals surface area contributed by atoms with E-state index in [2.05, 4.69) is 16.4 Å². The fourth-order valence-corrected chi connectivity index (χ4v) is 2.95. The van der Waals surface area contributed by atoms with Crippen molar-refractivity contribution in [2.45, 2.75) is 12.8 Å². The molecule has 0 saturated carbocycles. The summed E-state index contributed by atoms with van der Waals surface area (Å²) < 4.78 is 0. The number of amides is 1. The van der Waals surface area contributed by atoms with Gasteiger partial charge in [-0.25, -0.2) is 4.98 Å². The first-order valence-electron chi connectivity index (χ1n) is 6.14. The first-order valence-corrected chi connectivity index (χ1v) is 7.02. The molecule has 0 radical (unpaired) electrons. The van der Waals surface area contributed by atoms with Crippen LogP contribution in [-0.4, -0.2) is 25.0 Å². The molecule has 1 amide bonds. The van der Waals surface area contributed by atoms with E-state index in [1.54, 1.807) is 11.3 Å². The van der Waals surface area contributed by atoms with Crippen LogP contribution in [-0.2, 0) is 4.79 Å². The minimum atomic E-state index is -0.0816. The Labute approximate surface area is 116 Å². The van der Waals surface area contributed by atoms with Crippen LogP contribution >= 0.6 is 11.3 Å². The van der Waals surface area contributed by atoms with Crippen molar-refractivity contribution >= 4 is 28.1 Å². The van der Waals surface area contributed by atoms with Crippen LogP contribution < -0.4 is 10.2 Å². The molecule has 0 bridgehead atoms. The molecule has 3 rings (SSSR count). The van der Waals surface area contributed by atoms with Crippen LogP contribution in [0.25, 0.3) is 11.3 Å². The van der Waals surface area contributed by atoms with Crippen LogP contribution in [0.4, 0.5) is 10.8 Å². The first-order chi connectivity index (χ1) is 9.06. The predicted molar refractivity (Wildman–Crippen MR) is 78.9 cm³/mol. The summed E-state index contributed by atoms with van der Waals surface area (Å²) in [7, 11) is 3.96. The second-order valence-corrected chi connectivity index (χ2v) is 5.76. The zero-order valence-electron chi connectivity index (χ0n) is 11.1. The van der Waals surface area contributed by atoms with Gasteiger partial charge in [-0.15, -0.1) is 11.3 Å². The van der Waals surface area contributed by atoms with Crippen LogP contribution in [0.1, 0.15) is 18.4 Å². The quantitative estimate of drug-likeness (QED) is 0.915. The number of hydrogen-bond acceptors (Lipinski definition) is 4. The Morgan fingerprint density at radius 2 is 2.16 bits per heavy atom. The summed E-state index contributed by atoms with van der Waals surface area (Å²) in [5.41, 5.74) is 4.00. The van der Waals surface area contributed by atoms with Crippen molar-refractivity contribution in [3.8, 4) is 11.3 Å². The predicted octanol–water partition coefficient (Wildman–Crippen LogP) is 2.93. The summed E-state index contributed by atoms with van der Waals surface area (Å²) in [4.78, 5) is 18.2. The van der Waals surface area contributed by atoms with Gasteiger partial charge in [0.1, 0.15) is 0 Å². The largest absolute Gasteiger partial charge is 0.354 e. The SMILES string of the molecule is C[C@@H]1C(=O)Nc2ccc(-c3csc(N(C)C)n3)cc21. The van der Waals surface area contributed by atoms with Crippen LogP contribution in [0.3, 0.4) is 0 Å². The number of aromatic nitrogens is 1. The molecule has 1 aromatic heterocycles. The van der Waals surface area contributed by atoms with Crippen LogP contribution in [0.2, 0.25) is 0 Å². The lowest BCUT2D eigenvalue weighted by molar-refractivity contribution is -0.116. The van der Waals surface area contributed by atoms with Crippen LogP contribution in [0.5, 0.6) is 0 Å². The van der Waals surface area contributed by atoms with Gasteiger partial charge < -0.3 is 10.2 Å². The van der Waals surface area contributed by atoms with Gasteiger partial charge >= 0.3 is 0 Å². The van der Waals surface area contributed by atoms with Gasteiger partial charge in [0.15, 0.2) is 5.13 Å². The second-order valence-electron chi connectivity index (χ2n) is 4.92. The summed E-state index contributed by atoms with van der Waals surface area (Å²) in [6.45, 7) is 1.93. The molecule has 1 N–H and O–H groups in total. The van der Waals surface area contributed by atoms with E-state index in [0.29, 0.717) is 0 Å². The number of nitrogens with one attached hydrogen (secondary N) is 1. The highest BCUT2D eigenvalue weighted by atomic mass is 32.1. The zero-order valence-corrected chi connectivity index (χ0v) is 11.9. The van der Waals surface area contributed by atoms with Crippen molar-refractivity contribution < 1.29 is 4.79 Å². The van der Waals surface area contributed by atoms with Crippen molar-refractivity contribution in [1.29, 1.82) is 0 Å². The maximum atomic E-state index is 11.6. The second kappa shape index (κ2) is 4.35. The average molecular weight is 273 g/mol. The maximum Gasteiger partial charge on any atom is 0.231 e. The number of anilines is 2. The molecule has 0 unspecified atom stereocenters. The summed E-state index contributed by atoms with van der Waals surface area (Å²) in [5, 5.41) is 5.92. The highest BCUT2D eigenvalue weighted by Gasteiger charge is 2.26. The van der Waals surface area contributed by atoms with Gasteiger partial charge in [0, 0.05) is 30.7 Å². The number of hydrogen-bond donors (Lipinski definition) is 1. The lowest BCUT2D eigenvalue weighted by atomic mass is 10.00. The van der Waals surface area contributed by atoms with E-state index in [4.69, 9.17) is 0 Å². The molecule has 1 aromatic carbocycles. The number of carbonyl (C=O) groups is 1. The Bertz CT molecular complexity index is 648. The smallest absolute Gasteiger partial charge is 0.231 e. The third-order valence-corrected chi connectivity index (χ3v) is 4.35. The number of benzene rings is 1. The lowest BCUT2D eigenvalue weighted by Crippen LogP contribution is -2.08. The number of fused-ring (bicyclic) bond motifs is 1. The van der Waals surface area contributed by atoms with Crippen LogP contribution in [0, 0.1) is 0 Å². The van der Waals surface area contributed by atoms with Gasteiger partial charge in [-0.05, 0) is 24.6 Å². The Morgan fingerprint density at radius 3 is 2.84 bits per heavy atom. The van der Waals surface area contributed by atoms with Gasteiger partial charge in [0.2, 0.25) is 5.91 Å². The molecule has 0 spiro atoms. The summed E-state index contributed by atoms with van der Waals surface area (Å²) in [6, 6.07) is 6.03. The Morgan fingerprint density at radius 1 is 1.37 bits per heavy atom. The maximum absolute atomic E-state index is 11.6. The van der Waals surface area contributed by atoms with Crippen molar-refractivity contribution in [2.75, 3.05) is 24.3 Å². The number of thiazole rings is 1. The minimum absolute atomic E-state index is 0.0689. The Kier molecular flexibility index (Phi) is 2.78. The number of carbonyl (C=O) groups excluding carboxylic acids is 1. The van der Waals surface area contributed by atoms with Gasteiger partial charge in [0.05, 0.1) is 11.6 Å². The molecule has 0 saturated heterocycles. The molecule has 0 aliphatic carbocycles. The third kappa shape index (κ3) is 2.00. The Balaban J connectivity index is 2.00. The lowest BCUT2D eigenvalue weighted by Gasteiger charge is -2.06. The molecule has 4 nitrogen and oxygen atoms in total. The fraction of sp³-hybridized carbons (Fsp3) is 0.286. The normalized spacial score (nSPS) is 17.2. The summed E-state index contributed by atoms with van der Waals surface area (Å²) >= 11 is 1.62. The highest BCUT2D eigenvalue weighted by Crippen LogP contribution is 2.36. The monoisotopic (exact) mass is 273 g/mol. The van der Waals surface area contributed by atoms with Gasteiger partial charge in [-0.3, -0.25) is 4.79 Å². The van der Waals surface area contributed by atoms with Gasteiger partial charge in [0.25, 0.3) is 0 Å². The first kappa shape index (κ1) is 12.2. The van der Waals surface area contributed by atoms with Crippen molar-refractivity contribution in [3.63, 3.8) is 0 Å². The van der Waals surface area contributed by atoms with E-state index in [-0.39, 0.29) is 11.8 Å². The van der Waals surface area contributed by atoms with Gasteiger partial charge in [-0.2, -0.15) is 0 Å². The van der Waals surface area contributed by atoms with E-state index in [1.165, 1.54) is 0 Å². The highest BCUT2D eigenvalue weighted by molar-refractivity contribution is 7.14. The fourth-order valence-electron chi connectivity index (χ4n) is 2.18. The van der Waals surface area contributed by atoms with Crippen molar-refractivity contribution in [3.05, 3.63) is 29.1 Å². The molecule has 2 aromatic rings.